The van der Waals surface area contributed by atoms with Gasteiger partial charge in [-0.05, 0) is 36.2 Å². The second-order valence-corrected chi connectivity index (χ2v) is 9.05. The normalized spacial score (nSPS) is 24.4. The van der Waals surface area contributed by atoms with Crippen molar-refractivity contribution < 1.29 is 28.7 Å². The van der Waals surface area contributed by atoms with Crippen molar-refractivity contribution in [3.63, 3.8) is 0 Å². The van der Waals surface area contributed by atoms with Crippen LogP contribution in [0.25, 0.3) is 0 Å². The number of amides is 1. The van der Waals surface area contributed by atoms with E-state index in [9.17, 15) is 20.2 Å². The zero-order valence-corrected chi connectivity index (χ0v) is 21.0. The number of rotatable bonds is 6. The largest absolute Gasteiger partial charge is 0.490 e. The van der Waals surface area contributed by atoms with Crippen molar-refractivity contribution in [3.05, 3.63) is 69.4 Å². The summed E-state index contributed by atoms with van der Waals surface area (Å²) in [7, 11) is 0. The lowest BCUT2D eigenvalue weighted by molar-refractivity contribution is -0.385. The van der Waals surface area contributed by atoms with Gasteiger partial charge in [-0.2, -0.15) is 5.26 Å². The molecule has 3 aliphatic rings. The Bertz CT molecular complexity index is 1320. The molecule has 1 aromatic heterocycles. The van der Waals surface area contributed by atoms with E-state index >= 15 is 0 Å². The lowest BCUT2D eigenvalue weighted by Gasteiger charge is -2.36. The van der Waals surface area contributed by atoms with E-state index in [1.54, 1.807) is 25.4 Å². The van der Waals surface area contributed by atoms with Crippen molar-refractivity contribution in [1.82, 2.24) is 20.7 Å². The summed E-state index contributed by atoms with van der Waals surface area (Å²) in [6.07, 6.45) is 1.91. The standard InChI is InChI=1S/C25H27N7O7/c1-2-37-18-12-15(11-17(32(34)35)22(18)38-25(33)31-7-9-36-10-8-31)19-16(13-26)23(27)39-24-20(19)21(29-30-24)14-3-5-28-6-4-14/h3-6,11-12,19-21,24,29-30H,2,7-10,27H2,1H3. The number of aromatic nitrogens is 1. The molecule has 2 aromatic rings. The van der Waals surface area contributed by atoms with Crippen molar-refractivity contribution >= 4 is 11.8 Å². The van der Waals surface area contributed by atoms with E-state index in [1.165, 1.54) is 11.0 Å². The number of pyridine rings is 1. The highest BCUT2D eigenvalue weighted by atomic mass is 16.6. The summed E-state index contributed by atoms with van der Waals surface area (Å²) in [6, 6.07) is 8.28. The minimum absolute atomic E-state index is 0.00147. The van der Waals surface area contributed by atoms with Gasteiger partial charge < -0.3 is 29.6 Å². The number of ether oxygens (including phenoxy) is 4. The molecule has 0 bridgehead atoms. The third-order valence-electron chi connectivity index (χ3n) is 6.89. The van der Waals surface area contributed by atoms with Crippen LogP contribution in [-0.2, 0) is 9.47 Å². The number of hydrazine groups is 1. The highest BCUT2D eigenvalue weighted by Gasteiger charge is 2.50. The number of nitriles is 1. The fourth-order valence-corrected chi connectivity index (χ4v) is 5.14. The molecule has 14 nitrogen and oxygen atoms in total. The van der Waals surface area contributed by atoms with E-state index in [-0.39, 0.29) is 35.6 Å². The van der Waals surface area contributed by atoms with Crippen LogP contribution in [0.4, 0.5) is 10.5 Å². The summed E-state index contributed by atoms with van der Waals surface area (Å²) in [5, 5.41) is 22.3. The molecule has 4 atom stereocenters. The number of fused-ring (bicyclic) bond motifs is 1. The molecule has 2 saturated heterocycles. The van der Waals surface area contributed by atoms with Crippen LogP contribution in [0.2, 0.25) is 0 Å². The van der Waals surface area contributed by atoms with Crippen LogP contribution in [0.3, 0.4) is 0 Å². The first kappa shape index (κ1) is 26.2. The maximum Gasteiger partial charge on any atom is 0.415 e. The van der Waals surface area contributed by atoms with Gasteiger partial charge in [-0.15, -0.1) is 0 Å². The number of nitrogens with one attached hydrogen (secondary N) is 2. The third-order valence-corrected chi connectivity index (χ3v) is 6.89. The smallest absolute Gasteiger partial charge is 0.415 e. The predicted molar refractivity (Wildman–Crippen MR) is 134 cm³/mol. The third kappa shape index (κ3) is 5.02. The molecular formula is C25H27N7O7. The lowest BCUT2D eigenvalue weighted by Crippen LogP contribution is -2.42. The fourth-order valence-electron chi connectivity index (χ4n) is 5.14. The highest BCUT2D eigenvalue weighted by Crippen LogP contribution is 2.50. The van der Waals surface area contributed by atoms with Crippen LogP contribution in [0.5, 0.6) is 11.5 Å². The number of nitrogens with two attached hydrogens (primary N) is 1. The molecule has 4 heterocycles. The molecule has 1 amide bonds. The van der Waals surface area contributed by atoms with Gasteiger partial charge in [0, 0.05) is 43.4 Å². The molecule has 2 fully saturated rings. The van der Waals surface area contributed by atoms with Gasteiger partial charge in [-0.1, -0.05) is 0 Å². The number of benzene rings is 1. The Morgan fingerprint density at radius 3 is 2.69 bits per heavy atom. The minimum atomic E-state index is -0.745. The van der Waals surface area contributed by atoms with Gasteiger partial charge in [0.15, 0.2) is 12.0 Å². The maximum absolute atomic E-state index is 12.8. The topological polar surface area (TPSA) is 187 Å². The van der Waals surface area contributed by atoms with Gasteiger partial charge in [0.1, 0.15) is 6.07 Å². The van der Waals surface area contributed by atoms with Crippen LogP contribution < -0.4 is 26.1 Å². The Hall–Kier alpha value is -4.45. The Labute approximate surface area is 223 Å². The first-order valence-corrected chi connectivity index (χ1v) is 12.4. The van der Waals surface area contributed by atoms with E-state index in [0.29, 0.717) is 31.9 Å². The van der Waals surface area contributed by atoms with Crippen molar-refractivity contribution in [2.24, 2.45) is 11.7 Å². The Morgan fingerprint density at radius 2 is 2.03 bits per heavy atom. The minimum Gasteiger partial charge on any atom is -0.490 e. The zero-order chi connectivity index (χ0) is 27.5. The monoisotopic (exact) mass is 537 g/mol. The molecule has 4 N–H and O–H groups in total. The Balaban J connectivity index is 1.61. The molecule has 3 aliphatic heterocycles. The SMILES string of the molecule is CCOc1cc(C2C(C#N)=C(N)OC3NNC(c4ccncc4)C32)cc([N+](=O)[O-])c1OC(=O)N1CCOCC1. The number of allylic oxidation sites excluding steroid dienone is 1. The van der Waals surface area contributed by atoms with E-state index in [0.717, 1.165) is 5.56 Å². The predicted octanol–water partition coefficient (Wildman–Crippen LogP) is 1.82. The van der Waals surface area contributed by atoms with Crippen LogP contribution in [-0.4, -0.2) is 60.0 Å². The van der Waals surface area contributed by atoms with Gasteiger partial charge in [-0.25, -0.2) is 15.6 Å². The number of nitro benzene ring substituents is 1. The second-order valence-electron chi connectivity index (χ2n) is 9.05. The van der Waals surface area contributed by atoms with Gasteiger partial charge >= 0.3 is 11.8 Å². The van der Waals surface area contributed by atoms with E-state index in [4.69, 9.17) is 24.7 Å². The molecule has 0 spiro atoms. The first-order chi connectivity index (χ1) is 18.9. The van der Waals surface area contributed by atoms with Crippen LogP contribution in [0.15, 0.2) is 48.1 Å². The zero-order valence-electron chi connectivity index (χ0n) is 21.0. The number of morpholine rings is 1. The van der Waals surface area contributed by atoms with Crippen LogP contribution >= 0.6 is 0 Å². The summed E-state index contributed by atoms with van der Waals surface area (Å²) < 4.78 is 22.3. The summed E-state index contributed by atoms with van der Waals surface area (Å²) in [5.74, 6) is -1.56. The first-order valence-electron chi connectivity index (χ1n) is 12.4. The Kier molecular flexibility index (Phi) is 7.46. The molecule has 204 valence electrons. The number of carbonyl (C=O) groups excluding carboxylic acids is 1. The van der Waals surface area contributed by atoms with Gasteiger partial charge in [-0.3, -0.25) is 15.1 Å². The van der Waals surface area contributed by atoms with E-state index < -0.39 is 34.8 Å². The molecule has 0 aliphatic carbocycles. The molecular weight excluding hydrogens is 510 g/mol. The molecule has 1 aromatic carbocycles. The van der Waals surface area contributed by atoms with E-state index in [1.807, 2.05) is 12.1 Å². The Morgan fingerprint density at radius 1 is 1.28 bits per heavy atom. The molecule has 0 radical (unpaired) electrons. The summed E-state index contributed by atoms with van der Waals surface area (Å²) in [4.78, 5) is 29.9. The number of nitrogens with zero attached hydrogens (tertiary/aromatic N) is 4. The number of hydrogen-bond acceptors (Lipinski definition) is 12. The van der Waals surface area contributed by atoms with Crippen LogP contribution in [0.1, 0.15) is 30.0 Å². The van der Waals surface area contributed by atoms with Gasteiger partial charge in [0.25, 0.3) is 5.75 Å². The molecule has 5 rings (SSSR count). The summed E-state index contributed by atoms with van der Waals surface area (Å²) >= 11 is 0. The molecule has 0 saturated carbocycles. The van der Waals surface area contributed by atoms with Gasteiger partial charge in [0.2, 0.25) is 5.88 Å². The molecule has 39 heavy (non-hydrogen) atoms. The van der Waals surface area contributed by atoms with Crippen LogP contribution in [0, 0.1) is 27.4 Å². The average Bonchev–Trinajstić information content (AvgIpc) is 3.37. The maximum atomic E-state index is 12.8. The average molecular weight is 538 g/mol. The number of carbonyl (C=O) groups is 1. The number of nitro groups is 1. The summed E-state index contributed by atoms with van der Waals surface area (Å²) in [6.45, 7) is 3.13. The highest BCUT2D eigenvalue weighted by molar-refractivity contribution is 5.75. The van der Waals surface area contributed by atoms with E-state index in [2.05, 4.69) is 21.9 Å². The summed E-state index contributed by atoms with van der Waals surface area (Å²) in [5.41, 5.74) is 13.3. The van der Waals surface area contributed by atoms with Crippen molar-refractivity contribution in [2.45, 2.75) is 25.1 Å². The molecule has 4 unspecified atom stereocenters. The second kappa shape index (κ2) is 11.1. The van der Waals surface area contributed by atoms with Crippen molar-refractivity contribution in [3.8, 4) is 17.6 Å². The van der Waals surface area contributed by atoms with Crippen molar-refractivity contribution in [2.75, 3.05) is 32.9 Å². The number of hydrogen-bond donors (Lipinski definition) is 3. The fraction of sp³-hybridized carbons (Fsp3) is 0.400. The van der Waals surface area contributed by atoms with Gasteiger partial charge in [0.05, 0.1) is 36.4 Å². The van der Waals surface area contributed by atoms with Crippen molar-refractivity contribution in [1.29, 1.82) is 5.26 Å². The quantitative estimate of drug-likeness (QED) is 0.359. The molecule has 14 heteroatoms. The lowest BCUT2D eigenvalue weighted by atomic mass is 9.74.